The molecule has 0 aromatic carbocycles. The number of carboxylic acid groups (broad SMARTS) is 1. The van der Waals surface area contributed by atoms with Crippen LogP contribution in [0.15, 0.2) is 10.7 Å². The molecular formula is C11H13BrN2O2. The molecule has 0 bridgehead atoms. The topological polar surface area (TPSA) is 63.1 Å². The fourth-order valence-electron chi connectivity index (χ4n) is 1.64. The first-order valence-electron chi connectivity index (χ1n) is 5.32. The highest BCUT2D eigenvalue weighted by Crippen LogP contribution is 2.39. The smallest absolute Gasteiger partial charge is 0.304 e. The summed E-state index contributed by atoms with van der Waals surface area (Å²) in [5.74, 6) is 0.456. The van der Waals surface area contributed by atoms with Crippen molar-refractivity contribution >= 4 is 21.9 Å². The Morgan fingerprint density at radius 2 is 2.38 bits per heavy atom. The molecule has 16 heavy (non-hydrogen) atoms. The van der Waals surface area contributed by atoms with Crippen molar-refractivity contribution in [3.63, 3.8) is 0 Å². The monoisotopic (exact) mass is 284 g/mol. The molecule has 1 aromatic rings. The van der Waals surface area contributed by atoms with Crippen LogP contribution in [0.25, 0.3) is 0 Å². The summed E-state index contributed by atoms with van der Waals surface area (Å²) >= 11 is 3.37. The van der Waals surface area contributed by atoms with Crippen LogP contribution in [-0.4, -0.2) is 21.0 Å². The van der Waals surface area contributed by atoms with E-state index in [0.29, 0.717) is 5.92 Å². The molecule has 1 N–H and O–H groups in total. The Labute approximate surface area is 102 Å². The second-order valence-electron chi connectivity index (χ2n) is 4.23. The zero-order chi connectivity index (χ0) is 11.7. The summed E-state index contributed by atoms with van der Waals surface area (Å²) in [6.45, 7) is 1.87. The SMILES string of the molecule is CC(CC(=O)O)c1nc(C2CC2)ncc1Br. The Morgan fingerprint density at radius 3 is 2.94 bits per heavy atom. The summed E-state index contributed by atoms with van der Waals surface area (Å²) in [5.41, 5.74) is 0.805. The van der Waals surface area contributed by atoms with Gasteiger partial charge in [-0.25, -0.2) is 9.97 Å². The maximum atomic E-state index is 10.7. The summed E-state index contributed by atoms with van der Waals surface area (Å²) in [5, 5.41) is 8.77. The lowest BCUT2D eigenvalue weighted by molar-refractivity contribution is -0.137. The van der Waals surface area contributed by atoms with Crippen LogP contribution in [0, 0.1) is 0 Å². The number of aromatic nitrogens is 2. The van der Waals surface area contributed by atoms with Crippen LogP contribution >= 0.6 is 15.9 Å². The molecule has 0 aliphatic heterocycles. The normalized spacial score (nSPS) is 17.1. The molecule has 0 spiro atoms. The molecule has 1 saturated carbocycles. The van der Waals surface area contributed by atoms with Crippen molar-refractivity contribution in [2.24, 2.45) is 0 Å². The molecule has 5 heteroatoms. The Hall–Kier alpha value is -0.970. The Kier molecular flexibility index (Phi) is 3.23. The van der Waals surface area contributed by atoms with E-state index in [9.17, 15) is 4.79 Å². The van der Waals surface area contributed by atoms with Crippen LogP contribution in [0.1, 0.15) is 49.5 Å². The largest absolute Gasteiger partial charge is 0.481 e. The second kappa shape index (κ2) is 4.49. The lowest BCUT2D eigenvalue weighted by Crippen LogP contribution is -2.07. The third-order valence-electron chi connectivity index (χ3n) is 2.68. The van der Waals surface area contributed by atoms with Crippen LogP contribution in [0.5, 0.6) is 0 Å². The van der Waals surface area contributed by atoms with Crippen molar-refractivity contribution in [1.29, 1.82) is 0 Å². The number of halogens is 1. The van der Waals surface area contributed by atoms with Gasteiger partial charge in [0, 0.05) is 18.0 Å². The molecule has 86 valence electrons. The number of nitrogens with zero attached hydrogens (tertiary/aromatic N) is 2. The molecule has 1 unspecified atom stereocenters. The van der Waals surface area contributed by atoms with Gasteiger partial charge in [-0.1, -0.05) is 6.92 Å². The van der Waals surface area contributed by atoms with Crippen LogP contribution in [-0.2, 0) is 4.79 Å². The Morgan fingerprint density at radius 1 is 1.69 bits per heavy atom. The molecule has 1 atom stereocenters. The second-order valence-corrected chi connectivity index (χ2v) is 5.09. The molecule has 1 aromatic heterocycles. The van der Waals surface area contributed by atoms with E-state index in [0.717, 1.165) is 28.8 Å². The molecule has 0 saturated heterocycles. The third-order valence-corrected chi connectivity index (χ3v) is 3.29. The molecule has 1 fully saturated rings. The van der Waals surface area contributed by atoms with E-state index in [1.54, 1.807) is 6.20 Å². The third kappa shape index (κ3) is 2.58. The zero-order valence-corrected chi connectivity index (χ0v) is 10.6. The molecule has 1 aliphatic carbocycles. The van der Waals surface area contributed by atoms with Gasteiger partial charge in [-0.05, 0) is 28.8 Å². The van der Waals surface area contributed by atoms with Crippen molar-refractivity contribution in [1.82, 2.24) is 9.97 Å². The van der Waals surface area contributed by atoms with E-state index in [4.69, 9.17) is 5.11 Å². The van der Waals surface area contributed by atoms with E-state index in [-0.39, 0.29) is 12.3 Å². The van der Waals surface area contributed by atoms with Crippen LogP contribution < -0.4 is 0 Å². The van der Waals surface area contributed by atoms with E-state index in [1.807, 2.05) is 6.92 Å². The van der Waals surface area contributed by atoms with Crippen molar-refractivity contribution in [3.8, 4) is 0 Å². The maximum absolute atomic E-state index is 10.7. The van der Waals surface area contributed by atoms with E-state index in [1.165, 1.54) is 0 Å². The Bertz CT molecular complexity index is 418. The van der Waals surface area contributed by atoms with E-state index in [2.05, 4.69) is 25.9 Å². The van der Waals surface area contributed by atoms with Crippen LogP contribution in [0.2, 0.25) is 0 Å². The fourth-order valence-corrected chi connectivity index (χ4v) is 2.22. The first-order valence-corrected chi connectivity index (χ1v) is 6.11. The summed E-state index contributed by atoms with van der Waals surface area (Å²) in [6, 6.07) is 0. The van der Waals surface area contributed by atoms with Gasteiger partial charge in [0.25, 0.3) is 0 Å². The summed E-state index contributed by atoms with van der Waals surface area (Å²) in [4.78, 5) is 19.4. The van der Waals surface area contributed by atoms with Crippen molar-refractivity contribution in [3.05, 3.63) is 22.2 Å². The molecular weight excluding hydrogens is 272 g/mol. The van der Waals surface area contributed by atoms with Gasteiger partial charge in [-0.3, -0.25) is 4.79 Å². The summed E-state index contributed by atoms with van der Waals surface area (Å²) < 4.78 is 0.797. The van der Waals surface area contributed by atoms with Gasteiger partial charge in [0.15, 0.2) is 0 Å². The molecule has 1 heterocycles. The van der Waals surface area contributed by atoms with Gasteiger partial charge in [-0.2, -0.15) is 0 Å². The van der Waals surface area contributed by atoms with Gasteiger partial charge in [-0.15, -0.1) is 0 Å². The zero-order valence-electron chi connectivity index (χ0n) is 8.98. The van der Waals surface area contributed by atoms with Gasteiger partial charge < -0.3 is 5.11 Å². The molecule has 0 amide bonds. The molecule has 1 aliphatic rings. The quantitative estimate of drug-likeness (QED) is 0.923. The minimum Gasteiger partial charge on any atom is -0.481 e. The standard InChI is InChI=1S/C11H13BrN2O2/c1-6(4-9(15)16)10-8(12)5-13-11(14-10)7-2-3-7/h5-7H,2-4H2,1H3,(H,15,16). The minimum absolute atomic E-state index is 0.0904. The Balaban J connectivity index is 2.23. The highest BCUT2D eigenvalue weighted by Gasteiger charge is 2.27. The molecule has 0 radical (unpaired) electrons. The highest BCUT2D eigenvalue weighted by atomic mass is 79.9. The number of aliphatic carboxylic acids is 1. The number of hydrogen-bond donors (Lipinski definition) is 1. The van der Waals surface area contributed by atoms with E-state index < -0.39 is 5.97 Å². The van der Waals surface area contributed by atoms with Crippen molar-refractivity contribution < 1.29 is 9.90 Å². The summed E-state index contributed by atoms with van der Waals surface area (Å²) in [6.07, 6.45) is 4.12. The maximum Gasteiger partial charge on any atom is 0.304 e. The number of hydrogen-bond acceptors (Lipinski definition) is 3. The number of carboxylic acids is 1. The average molecular weight is 285 g/mol. The first kappa shape index (κ1) is 11.5. The highest BCUT2D eigenvalue weighted by molar-refractivity contribution is 9.10. The number of rotatable bonds is 4. The van der Waals surface area contributed by atoms with Crippen molar-refractivity contribution in [2.45, 2.75) is 38.0 Å². The predicted molar refractivity (Wildman–Crippen MR) is 62.4 cm³/mol. The van der Waals surface area contributed by atoms with Gasteiger partial charge in [0.05, 0.1) is 16.6 Å². The molecule has 4 nitrogen and oxygen atoms in total. The first-order chi connectivity index (χ1) is 7.58. The lowest BCUT2D eigenvalue weighted by Gasteiger charge is -2.11. The lowest BCUT2D eigenvalue weighted by atomic mass is 10.0. The van der Waals surface area contributed by atoms with Crippen molar-refractivity contribution in [2.75, 3.05) is 0 Å². The van der Waals surface area contributed by atoms with Gasteiger partial charge in [0.1, 0.15) is 5.82 Å². The average Bonchev–Trinajstić information content (AvgIpc) is 3.00. The van der Waals surface area contributed by atoms with Crippen LogP contribution in [0.3, 0.4) is 0 Å². The van der Waals surface area contributed by atoms with Gasteiger partial charge >= 0.3 is 5.97 Å². The van der Waals surface area contributed by atoms with E-state index >= 15 is 0 Å². The predicted octanol–water partition coefficient (Wildman–Crippen LogP) is 2.69. The fraction of sp³-hybridized carbons (Fsp3) is 0.545. The molecule has 2 rings (SSSR count). The minimum atomic E-state index is -0.800. The van der Waals surface area contributed by atoms with Gasteiger partial charge in [0.2, 0.25) is 0 Å². The number of carbonyl (C=O) groups is 1. The van der Waals surface area contributed by atoms with Crippen LogP contribution in [0.4, 0.5) is 0 Å². The summed E-state index contributed by atoms with van der Waals surface area (Å²) in [7, 11) is 0.